The second-order valence-electron chi connectivity index (χ2n) is 29.1. The predicted molar refractivity (Wildman–Crippen MR) is 301 cm³/mol. The minimum atomic E-state index is -0.766. The van der Waals surface area contributed by atoms with Gasteiger partial charge in [-0.1, -0.05) is 137 Å². The molecule has 3 amide bonds. The normalized spacial score (nSPS) is 21.6. The maximum Gasteiger partial charge on any atom is 0.410 e. The molecule has 420 valence electrons. The summed E-state index contributed by atoms with van der Waals surface area (Å²) in [6, 6.07) is 0. The van der Waals surface area contributed by atoms with Gasteiger partial charge in [0.25, 0.3) is 0 Å². The van der Waals surface area contributed by atoms with Crippen LogP contribution in [0.4, 0.5) is 14.4 Å². The molecule has 0 aromatic heterocycles. The second-order valence-corrected chi connectivity index (χ2v) is 29.1. The van der Waals surface area contributed by atoms with Crippen molar-refractivity contribution in [3.05, 3.63) is 0 Å². The second kappa shape index (κ2) is 28.6. The summed E-state index contributed by atoms with van der Waals surface area (Å²) >= 11 is 0. The molecular formula is C61H120N4O6. The molecule has 0 aromatic carbocycles. The molecule has 2 saturated carbocycles. The third-order valence-corrected chi connectivity index (χ3v) is 18.1. The average molecular weight is 1010 g/mol. The highest BCUT2D eigenvalue weighted by Crippen LogP contribution is 2.44. The van der Waals surface area contributed by atoms with E-state index >= 15 is 0 Å². The number of hydrogen-bond donors (Lipinski definition) is 2. The highest BCUT2D eigenvalue weighted by atomic mass is 16.6. The lowest BCUT2D eigenvalue weighted by Crippen LogP contribution is -2.55. The van der Waals surface area contributed by atoms with Gasteiger partial charge in [-0.25, -0.2) is 14.4 Å². The molecular weight excluding hydrogens is 885 g/mol. The number of hydrogen-bond acceptors (Lipinski definition) is 6. The Morgan fingerprint density at radius 1 is 0.493 bits per heavy atom. The number of likely N-dealkylation sites (tertiary alicyclic amines) is 3. The first-order valence-corrected chi connectivity index (χ1v) is 28.9. The summed E-state index contributed by atoms with van der Waals surface area (Å²) in [5, 5.41) is 12.1. The zero-order chi connectivity index (χ0) is 55.0. The zero-order valence-corrected chi connectivity index (χ0v) is 51.2. The molecule has 4 heterocycles. The van der Waals surface area contributed by atoms with Gasteiger partial charge in [0.2, 0.25) is 0 Å². The van der Waals surface area contributed by atoms with E-state index in [-0.39, 0.29) is 17.8 Å². The number of amides is 3. The fraction of sp³-hybridized carbons (Fsp3) is 0.951. The van der Waals surface area contributed by atoms with Gasteiger partial charge in [-0.05, 0) is 187 Å². The lowest BCUT2D eigenvalue weighted by molar-refractivity contribution is -0.0211. The van der Waals surface area contributed by atoms with Crippen LogP contribution in [0, 0.1) is 68.5 Å². The quantitative estimate of drug-likeness (QED) is 0.288. The van der Waals surface area contributed by atoms with Crippen LogP contribution in [-0.4, -0.2) is 102 Å². The number of rotatable bonds is 4. The number of ether oxygens (including phenoxy) is 2. The summed E-state index contributed by atoms with van der Waals surface area (Å²) in [6.45, 7) is 57.8. The van der Waals surface area contributed by atoms with Crippen molar-refractivity contribution in [2.24, 2.45) is 68.5 Å². The van der Waals surface area contributed by atoms with Crippen LogP contribution < -0.4 is 5.32 Å². The van der Waals surface area contributed by atoms with Crippen molar-refractivity contribution in [2.75, 3.05) is 52.4 Å². The predicted octanol–water partition coefficient (Wildman–Crippen LogP) is 16.7. The average Bonchev–Trinajstić information content (AvgIpc) is 3.64. The van der Waals surface area contributed by atoms with E-state index in [0.29, 0.717) is 44.8 Å². The van der Waals surface area contributed by atoms with Crippen molar-refractivity contribution in [2.45, 2.75) is 254 Å². The van der Waals surface area contributed by atoms with E-state index in [0.717, 1.165) is 88.6 Å². The Balaban J connectivity index is 0.000000434. The molecule has 0 aromatic rings. The van der Waals surface area contributed by atoms with Gasteiger partial charge in [0.15, 0.2) is 0 Å². The van der Waals surface area contributed by atoms with Crippen LogP contribution >= 0.6 is 0 Å². The zero-order valence-electron chi connectivity index (χ0n) is 51.2. The summed E-state index contributed by atoms with van der Waals surface area (Å²) in [7, 11) is 0. The van der Waals surface area contributed by atoms with Gasteiger partial charge >= 0.3 is 18.3 Å². The van der Waals surface area contributed by atoms with Crippen molar-refractivity contribution in [1.82, 2.24) is 20.0 Å². The minimum absolute atomic E-state index is 0.164. The Labute approximate surface area is 440 Å². The highest BCUT2D eigenvalue weighted by molar-refractivity contribution is 5.69. The first kappa shape index (κ1) is 66.8. The van der Waals surface area contributed by atoms with Crippen LogP contribution in [0.5, 0.6) is 0 Å². The smallest absolute Gasteiger partial charge is 0.410 e. The lowest BCUT2D eigenvalue weighted by atomic mass is 9.69. The molecule has 0 unspecified atom stereocenters. The van der Waals surface area contributed by atoms with Crippen LogP contribution in [0.3, 0.4) is 0 Å². The molecule has 2 N–H and O–H groups in total. The van der Waals surface area contributed by atoms with Gasteiger partial charge in [0, 0.05) is 39.3 Å². The molecule has 2 aliphatic carbocycles. The van der Waals surface area contributed by atoms with E-state index in [9.17, 15) is 14.4 Å². The number of nitrogens with zero attached hydrogens (tertiary/aromatic N) is 3. The number of carbonyl (C=O) groups excluding carboxylic acids is 2. The van der Waals surface area contributed by atoms with Crippen molar-refractivity contribution < 1.29 is 29.0 Å². The Kier molecular flexibility index (Phi) is 26.9. The van der Waals surface area contributed by atoms with Crippen LogP contribution in [0.25, 0.3) is 0 Å². The molecule has 4 saturated heterocycles. The molecule has 0 spiro atoms. The van der Waals surface area contributed by atoms with E-state index in [1.54, 1.807) is 4.90 Å². The fourth-order valence-corrected chi connectivity index (χ4v) is 9.97. The SMILES string of the molecule is CC(C)(C)C1CCC1.CC(C)(C)OC(=O)N1CC(C(C)(C)C)C1.CC(C)C1(C)CCCC1.CC(C)C1(C)CCN(C(=O)OC(C)(C)C)CC1.CC(C)C1(C)CCNCC1.CC(C)C1CCN(C(=O)O)CC1. The van der Waals surface area contributed by atoms with Crippen LogP contribution in [0.15, 0.2) is 0 Å². The standard InChI is InChI=1S/C14H27NO2.C12H23NO2.C9H17NO2.C9H19N.C9H18.C8H16/c1-11(2)14(6)7-9-15(10-8-14)12(16)17-13(3,4)5;1-11(2,3)9-7-13(8-9)10(14)15-12(4,5)6;1-7(2)8-3-5-10(6-4-8)9(11)12;1-8(2)9(3)4-6-10-7-5-9;1-8(2)9(3)6-4-5-7-9;1-8(2,3)7-5-4-6-7/h11H,7-10H2,1-6H3;9H,7-8H2,1-6H3;7-8H,3-6H2,1-2H3,(H,11,12);8,10H,4-7H2,1-3H3;8H,4-7H2,1-3H3;7H,4-6H2,1-3H3. The molecule has 0 radical (unpaired) electrons. The summed E-state index contributed by atoms with van der Waals surface area (Å²) in [4.78, 5) is 39.2. The number of piperidine rings is 3. The monoisotopic (exact) mass is 1000 g/mol. The molecule has 6 aliphatic rings. The number of carbonyl (C=O) groups is 3. The Hall–Kier alpha value is -2.23. The fourth-order valence-electron chi connectivity index (χ4n) is 9.97. The van der Waals surface area contributed by atoms with E-state index < -0.39 is 11.7 Å². The minimum Gasteiger partial charge on any atom is -0.465 e. The van der Waals surface area contributed by atoms with Gasteiger partial charge in [0.05, 0.1) is 0 Å². The molecule has 0 bridgehead atoms. The maximum atomic E-state index is 11.9. The van der Waals surface area contributed by atoms with Crippen molar-refractivity contribution in [1.29, 1.82) is 0 Å². The molecule has 4 aliphatic heterocycles. The Bertz CT molecular complexity index is 1510. The van der Waals surface area contributed by atoms with E-state index in [1.807, 2.05) is 46.4 Å². The topological polar surface area (TPSA) is 112 Å². The van der Waals surface area contributed by atoms with Crippen molar-refractivity contribution in [3.63, 3.8) is 0 Å². The lowest BCUT2D eigenvalue weighted by Gasteiger charge is -2.46. The molecule has 71 heavy (non-hydrogen) atoms. The third kappa shape index (κ3) is 24.8. The number of carboxylic acid groups (broad SMARTS) is 1. The maximum absolute atomic E-state index is 11.9. The highest BCUT2D eigenvalue weighted by Gasteiger charge is 2.40. The summed E-state index contributed by atoms with van der Waals surface area (Å²) in [6.07, 6.45) is 16.1. The molecule has 6 fully saturated rings. The van der Waals surface area contributed by atoms with Crippen LogP contribution in [0.2, 0.25) is 0 Å². The Morgan fingerprint density at radius 3 is 1.13 bits per heavy atom. The van der Waals surface area contributed by atoms with Gasteiger partial charge in [-0.15, -0.1) is 0 Å². The summed E-state index contributed by atoms with van der Waals surface area (Å²) in [5.41, 5.74) is 1.79. The van der Waals surface area contributed by atoms with E-state index in [4.69, 9.17) is 14.6 Å². The Morgan fingerprint density at radius 2 is 0.859 bits per heavy atom. The summed E-state index contributed by atoms with van der Waals surface area (Å²) < 4.78 is 10.7. The van der Waals surface area contributed by atoms with Gasteiger partial charge < -0.3 is 34.6 Å². The van der Waals surface area contributed by atoms with Crippen LogP contribution in [0.1, 0.15) is 243 Å². The van der Waals surface area contributed by atoms with Crippen molar-refractivity contribution >= 4 is 18.3 Å². The molecule has 10 heteroatoms. The van der Waals surface area contributed by atoms with Gasteiger partial charge in [0.1, 0.15) is 11.2 Å². The first-order chi connectivity index (χ1) is 32.2. The third-order valence-electron chi connectivity index (χ3n) is 18.1. The molecule has 0 atom stereocenters. The largest absolute Gasteiger partial charge is 0.465 e. The van der Waals surface area contributed by atoms with Crippen LogP contribution in [-0.2, 0) is 9.47 Å². The van der Waals surface area contributed by atoms with Gasteiger partial charge in [-0.2, -0.15) is 0 Å². The molecule has 10 nitrogen and oxygen atoms in total. The number of nitrogens with one attached hydrogen (secondary N) is 1. The molecule has 6 rings (SSSR count). The first-order valence-electron chi connectivity index (χ1n) is 28.9. The van der Waals surface area contributed by atoms with Gasteiger partial charge in [-0.3, -0.25) is 0 Å². The van der Waals surface area contributed by atoms with Crippen molar-refractivity contribution in [3.8, 4) is 0 Å². The summed E-state index contributed by atoms with van der Waals surface area (Å²) in [5.74, 6) is 5.45. The van der Waals surface area contributed by atoms with E-state index in [1.165, 1.54) is 75.8 Å². The van der Waals surface area contributed by atoms with E-state index in [2.05, 4.69) is 123 Å².